The fourth-order valence-corrected chi connectivity index (χ4v) is 3.83. The Morgan fingerprint density at radius 2 is 1.79 bits per heavy atom. The molecule has 3 aromatic rings. The van der Waals surface area contributed by atoms with Gasteiger partial charge in [0.2, 0.25) is 5.88 Å². The number of benzene rings is 2. The van der Waals surface area contributed by atoms with Crippen LogP contribution in [0.4, 0.5) is 0 Å². The van der Waals surface area contributed by atoms with Crippen LogP contribution in [0.2, 0.25) is 0 Å². The first-order valence-corrected chi connectivity index (χ1v) is 10.9. The van der Waals surface area contributed by atoms with Crippen molar-refractivity contribution >= 4 is 5.97 Å². The van der Waals surface area contributed by atoms with Crippen molar-refractivity contribution in [3.8, 4) is 22.8 Å². The third kappa shape index (κ3) is 5.25. The zero-order valence-electron chi connectivity index (χ0n) is 20.0. The molecule has 0 unspecified atom stereocenters. The highest BCUT2D eigenvalue weighted by molar-refractivity contribution is 6.01. The molecular weight excluding hydrogens is 414 g/mol. The van der Waals surface area contributed by atoms with E-state index in [1.807, 2.05) is 48.5 Å². The molecule has 1 aromatic heterocycles. The Morgan fingerprint density at radius 3 is 2.39 bits per heavy atom. The highest BCUT2D eigenvalue weighted by Crippen LogP contribution is 2.43. The van der Waals surface area contributed by atoms with E-state index >= 15 is 0 Å². The average Bonchev–Trinajstić information content (AvgIpc) is 2.82. The molecule has 0 saturated carbocycles. The molecule has 2 aromatic carbocycles. The third-order valence-electron chi connectivity index (χ3n) is 5.41. The summed E-state index contributed by atoms with van der Waals surface area (Å²) in [5.74, 6) is 0.668. The van der Waals surface area contributed by atoms with E-state index in [1.54, 1.807) is 19.4 Å². The molecule has 3 rings (SSSR count). The van der Waals surface area contributed by atoms with E-state index in [0.29, 0.717) is 41.3 Å². The molecule has 0 N–H and O–H groups in total. The third-order valence-corrected chi connectivity index (χ3v) is 5.41. The molecule has 0 aliphatic carbocycles. The van der Waals surface area contributed by atoms with Crippen LogP contribution >= 0.6 is 0 Å². The van der Waals surface area contributed by atoms with E-state index in [0.717, 1.165) is 16.7 Å². The van der Waals surface area contributed by atoms with Gasteiger partial charge in [-0.1, -0.05) is 57.2 Å². The predicted octanol–water partition coefficient (Wildman–Crippen LogP) is 6.15. The minimum Gasteiger partial charge on any atom is -0.496 e. The summed E-state index contributed by atoms with van der Waals surface area (Å²) >= 11 is 0. The second-order valence-electron chi connectivity index (χ2n) is 8.72. The van der Waals surface area contributed by atoms with Crippen molar-refractivity contribution in [2.75, 3.05) is 14.2 Å². The van der Waals surface area contributed by atoms with Crippen LogP contribution in [-0.4, -0.2) is 25.2 Å². The maximum Gasteiger partial charge on any atom is 0.338 e. The molecule has 5 heteroatoms. The van der Waals surface area contributed by atoms with Gasteiger partial charge in [0.25, 0.3) is 0 Å². The number of nitrogens with zero attached hydrogens (tertiary/aromatic N) is 1. The molecule has 0 spiro atoms. The second-order valence-corrected chi connectivity index (χ2v) is 8.72. The first-order chi connectivity index (χ1) is 15.8. The molecule has 33 heavy (non-hydrogen) atoms. The van der Waals surface area contributed by atoms with Gasteiger partial charge in [-0.25, -0.2) is 9.78 Å². The van der Waals surface area contributed by atoms with E-state index < -0.39 is 5.97 Å². The summed E-state index contributed by atoms with van der Waals surface area (Å²) in [6, 6.07) is 15.6. The monoisotopic (exact) mass is 445 g/mol. The Morgan fingerprint density at radius 1 is 1.06 bits per heavy atom. The lowest BCUT2D eigenvalue weighted by Crippen LogP contribution is -2.18. The van der Waals surface area contributed by atoms with Crippen LogP contribution in [0.3, 0.4) is 0 Å². The minimum atomic E-state index is -0.446. The summed E-state index contributed by atoms with van der Waals surface area (Å²) < 4.78 is 17.1. The highest BCUT2D eigenvalue weighted by Gasteiger charge is 2.30. The van der Waals surface area contributed by atoms with Crippen molar-refractivity contribution in [3.63, 3.8) is 0 Å². The number of carbonyl (C=O) groups excluding carboxylic acids is 1. The number of allylic oxidation sites excluding steroid dienone is 1. The Kier molecular flexibility index (Phi) is 7.54. The number of rotatable bonds is 8. The van der Waals surface area contributed by atoms with E-state index in [1.165, 1.54) is 7.11 Å². The van der Waals surface area contributed by atoms with Gasteiger partial charge in [0.1, 0.15) is 12.4 Å². The molecular formula is C28H31NO4. The van der Waals surface area contributed by atoms with Crippen LogP contribution in [0.5, 0.6) is 11.6 Å². The normalized spacial score (nSPS) is 11.1. The van der Waals surface area contributed by atoms with Gasteiger partial charge in [-0.05, 0) is 35.6 Å². The fraction of sp³-hybridized carbons (Fsp3) is 0.286. The molecule has 0 fully saturated rings. The number of esters is 1. The van der Waals surface area contributed by atoms with Crippen LogP contribution < -0.4 is 9.47 Å². The first-order valence-electron chi connectivity index (χ1n) is 10.9. The van der Waals surface area contributed by atoms with Crippen LogP contribution in [0.15, 0.2) is 67.4 Å². The van der Waals surface area contributed by atoms with Crippen molar-refractivity contribution in [3.05, 3.63) is 89.6 Å². The summed E-state index contributed by atoms with van der Waals surface area (Å²) in [5.41, 5.74) is 4.34. The second kappa shape index (κ2) is 10.3. The Bertz CT molecular complexity index is 1130. The topological polar surface area (TPSA) is 57.7 Å². The summed E-state index contributed by atoms with van der Waals surface area (Å²) in [5, 5.41) is 0. The van der Waals surface area contributed by atoms with Crippen LogP contribution in [-0.2, 0) is 23.2 Å². The SMILES string of the molecule is C=CCc1c(OC)c(C(C)(C)C)cc(-c2cccnc2OCc2ccccc2)c1C(=O)OC. The molecule has 0 aliphatic rings. The number of hydrogen-bond donors (Lipinski definition) is 0. The number of hydrogen-bond acceptors (Lipinski definition) is 5. The molecule has 5 nitrogen and oxygen atoms in total. The largest absolute Gasteiger partial charge is 0.496 e. The van der Waals surface area contributed by atoms with Crippen LogP contribution in [0, 0.1) is 0 Å². The lowest BCUT2D eigenvalue weighted by atomic mass is 9.80. The predicted molar refractivity (Wildman–Crippen MR) is 131 cm³/mol. The van der Waals surface area contributed by atoms with Gasteiger partial charge in [-0.15, -0.1) is 6.58 Å². The lowest BCUT2D eigenvalue weighted by Gasteiger charge is -2.27. The number of aromatic nitrogens is 1. The van der Waals surface area contributed by atoms with Crippen molar-refractivity contribution in [2.45, 2.75) is 39.2 Å². The molecule has 0 saturated heterocycles. The standard InChI is InChI=1S/C28H31NO4/c1-7-12-21-24(27(30)32-6)22(17-23(25(21)31-5)28(2,3)4)20-15-11-16-29-26(20)33-18-19-13-9-8-10-14-19/h7-11,13-17H,1,12,18H2,2-6H3. The Labute approximate surface area is 196 Å². The van der Waals surface area contributed by atoms with E-state index in [-0.39, 0.29) is 5.41 Å². The van der Waals surface area contributed by atoms with Gasteiger partial charge < -0.3 is 14.2 Å². The maximum absolute atomic E-state index is 13.0. The molecule has 1 heterocycles. The first kappa shape index (κ1) is 24.1. The van der Waals surface area contributed by atoms with Crippen molar-refractivity contribution in [2.24, 2.45) is 0 Å². The quantitative estimate of drug-likeness (QED) is 0.307. The zero-order chi connectivity index (χ0) is 24.0. The van der Waals surface area contributed by atoms with Gasteiger partial charge in [0.15, 0.2) is 0 Å². The molecule has 0 bridgehead atoms. The number of methoxy groups -OCH3 is 2. The van der Waals surface area contributed by atoms with E-state index in [9.17, 15) is 4.79 Å². The summed E-state index contributed by atoms with van der Waals surface area (Å²) in [7, 11) is 3.00. The Balaban J connectivity index is 2.26. The number of carbonyl (C=O) groups is 1. The lowest BCUT2D eigenvalue weighted by molar-refractivity contribution is 0.0600. The van der Waals surface area contributed by atoms with Crippen LogP contribution in [0.25, 0.3) is 11.1 Å². The summed E-state index contributed by atoms with van der Waals surface area (Å²) in [6.45, 7) is 10.6. The Hall–Kier alpha value is -3.60. The molecule has 0 atom stereocenters. The van der Waals surface area contributed by atoms with Gasteiger partial charge >= 0.3 is 5.97 Å². The molecule has 0 aliphatic heterocycles. The van der Waals surface area contributed by atoms with E-state index in [4.69, 9.17) is 14.2 Å². The molecule has 172 valence electrons. The van der Waals surface area contributed by atoms with Gasteiger partial charge in [0.05, 0.1) is 19.8 Å². The van der Waals surface area contributed by atoms with Crippen molar-refractivity contribution in [1.29, 1.82) is 0 Å². The summed E-state index contributed by atoms with van der Waals surface area (Å²) in [4.78, 5) is 17.5. The van der Waals surface area contributed by atoms with Crippen molar-refractivity contribution in [1.82, 2.24) is 4.98 Å². The van der Waals surface area contributed by atoms with Gasteiger partial charge in [-0.2, -0.15) is 0 Å². The fourth-order valence-electron chi connectivity index (χ4n) is 3.83. The van der Waals surface area contributed by atoms with Gasteiger partial charge in [-0.3, -0.25) is 0 Å². The number of ether oxygens (including phenoxy) is 3. The summed E-state index contributed by atoms with van der Waals surface area (Å²) in [6.07, 6.45) is 3.89. The number of pyridine rings is 1. The average molecular weight is 446 g/mol. The van der Waals surface area contributed by atoms with E-state index in [2.05, 4.69) is 32.3 Å². The maximum atomic E-state index is 13.0. The molecule has 0 amide bonds. The zero-order valence-corrected chi connectivity index (χ0v) is 20.0. The van der Waals surface area contributed by atoms with Gasteiger partial charge in [0, 0.05) is 28.5 Å². The van der Waals surface area contributed by atoms with Crippen molar-refractivity contribution < 1.29 is 19.0 Å². The highest BCUT2D eigenvalue weighted by atomic mass is 16.5. The molecule has 0 radical (unpaired) electrons. The minimum absolute atomic E-state index is 0.238. The smallest absolute Gasteiger partial charge is 0.338 e. The van der Waals surface area contributed by atoms with Crippen LogP contribution in [0.1, 0.15) is 47.8 Å².